The number of urea groups is 1. The van der Waals surface area contributed by atoms with Crippen molar-refractivity contribution in [2.24, 2.45) is 0 Å². The summed E-state index contributed by atoms with van der Waals surface area (Å²) < 4.78 is 12.3. The number of carbonyl (C=O) groups is 1. The predicted molar refractivity (Wildman–Crippen MR) is 105 cm³/mol. The van der Waals surface area contributed by atoms with Crippen molar-refractivity contribution in [1.82, 2.24) is 19.9 Å². The lowest BCUT2D eigenvalue weighted by atomic mass is 10.1. The van der Waals surface area contributed by atoms with Crippen molar-refractivity contribution >= 4 is 11.7 Å². The Bertz CT molecular complexity index is 967. The molecule has 0 spiro atoms. The van der Waals surface area contributed by atoms with E-state index in [4.69, 9.17) is 9.47 Å². The topological polar surface area (TPSA) is 81.5 Å². The molecule has 1 N–H and O–H groups in total. The third kappa shape index (κ3) is 3.48. The molecule has 4 rings (SSSR count). The van der Waals surface area contributed by atoms with Crippen LogP contribution in [0, 0.1) is 0 Å². The van der Waals surface area contributed by atoms with Crippen LogP contribution in [0.15, 0.2) is 54.7 Å². The van der Waals surface area contributed by atoms with Crippen LogP contribution >= 0.6 is 0 Å². The summed E-state index contributed by atoms with van der Waals surface area (Å²) in [6.07, 6.45) is 1.92. The highest BCUT2D eigenvalue weighted by molar-refractivity contribution is 5.91. The Balaban J connectivity index is 1.37. The molecular weight excluding hydrogens is 358 g/mol. The van der Waals surface area contributed by atoms with Gasteiger partial charge in [-0.25, -0.2) is 9.48 Å². The Morgan fingerprint density at radius 3 is 2.61 bits per heavy atom. The summed E-state index contributed by atoms with van der Waals surface area (Å²) in [4.78, 5) is 14.2. The number of benzene rings is 2. The number of nitrogens with one attached hydrogen (secondary N) is 1. The smallest absolute Gasteiger partial charge is 0.322 e. The molecule has 2 heterocycles. The zero-order valence-electron chi connectivity index (χ0n) is 15.7. The first-order chi connectivity index (χ1) is 13.7. The molecule has 8 nitrogen and oxygen atoms in total. The van der Waals surface area contributed by atoms with Crippen LogP contribution in [-0.4, -0.2) is 53.2 Å². The largest absolute Gasteiger partial charge is 0.497 e. The first kappa shape index (κ1) is 17.8. The molecule has 2 aromatic carbocycles. The van der Waals surface area contributed by atoms with Crippen molar-refractivity contribution in [3.8, 4) is 22.8 Å². The minimum atomic E-state index is -0.178. The fraction of sp³-hybridized carbons (Fsp3) is 0.250. The van der Waals surface area contributed by atoms with E-state index in [-0.39, 0.29) is 12.1 Å². The lowest BCUT2D eigenvalue weighted by Crippen LogP contribution is -2.52. The highest BCUT2D eigenvalue weighted by Gasteiger charge is 2.33. The number of rotatable bonds is 5. The second kappa shape index (κ2) is 7.59. The van der Waals surface area contributed by atoms with E-state index in [1.54, 1.807) is 37.3 Å². The Labute approximate surface area is 162 Å². The summed E-state index contributed by atoms with van der Waals surface area (Å²) in [5.41, 5.74) is 2.45. The van der Waals surface area contributed by atoms with Gasteiger partial charge >= 0.3 is 6.03 Å². The monoisotopic (exact) mass is 379 g/mol. The molecule has 0 radical (unpaired) electrons. The van der Waals surface area contributed by atoms with Gasteiger partial charge in [-0.2, -0.15) is 0 Å². The summed E-state index contributed by atoms with van der Waals surface area (Å²) in [6.45, 7) is 1.14. The van der Waals surface area contributed by atoms with Gasteiger partial charge in [-0.15, -0.1) is 5.10 Å². The van der Waals surface area contributed by atoms with Gasteiger partial charge in [0.2, 0.25) is 0 Å². The normalized spacial score (nSPS) is 13.7. The summed E-state index contributed by atoms with van der Waals surface area (Å²) in [5.74, 6) is 1.22. The minimum Gasteiger partial charge on any atom is -0.497 e. The number of methoxy groups -OCH3 is 2. The van der Waals surface area contributed by atoms with Crippen molar-refractivity contribution in [3.63, 3.8) is 0 Å². The number of ether oxygens (including phenoxy) is 2. The maximum absolute atomic E-state index is 12.5. The van der Waals surface area contributed by atoms with Gasteiger partial charge in [0.25, 0.3) is 0 Å². The maximum Gasteiger partial charge on any atom is 0.322 e. The molecule has 1 saturated heterocycles. The number of anilines is 1. The van der Waals surface area contributed by atoms with Gasteiger partial charge in [0, 0.05) is 24.7 Å². The SMILES string of the molecule is COc1ccc(NC(=O)N2CC(n3cc(-c4ccccc4)nn3)C2)c(OC)c1. The van der Waals surface area contributed by atoms with E-state index in [1.807, 2.05) is 41.2 Å². The standard InChI is InChI=1S/C20H21N5O3/c1-27-16-8-9-17(19(10-16)28-2)21-20(26)24-11-15(12-24)25-13-18(22-23-25)14-6-4-3-5-7-14/h3-10,13,15H,11-12H2,1-2H3,(H,21,26). The van der Waals surface area contributed by atoms with Gasteiger partial charge < -0.3 is 19.7 Å². The Morgan fingerprint density at radius 2 is 1.89 bits per heavy atom. The molecular formula is C20H21N5O3. The van der Waals surface area contributed by atoms with Crippen molar-refractivity contribution in [1.29, 1.82) is 0 Å². The first-order valence-electron chi connectivity index (χ1n) is 8.93. The van der Waals surface area contributed by atoms with E-state index < -0.39 is 0 Å². The zero-order valence-corrected chi connectivity index (χ0v) is 15.7. The van der Waals surface area contributed by atoms with Crippen molar-refractivity contribution in [3.05, 3.63) is 54.7 Å². The molecule has 2 amide bonds. The van der Waals surface area contributed by atoms with Crippen LogP contribution in [0.5, 0.6) is 11.5 Å². The molecule has 3 aromatic rings. The lowest BCUT2D eigenvalue weighted by Gasteiger charge is -2.38. The van der Waals surface area contributed by atoms with E-state index in [0.717, 1.165) is 11.3 Å². The Hall–Kier alpha value is -3.55. The molecule has 0 aliphatic carbocycles. The van der Waals surface area contributed by atoms with Gasteiger partial charge in [0.1, 0.15) is 17.2 Å². The van der Waals surface area contributed by atoms with Gasteiger partial charge in [-0.05, 0) is 12.1 Å². The molecule has 1 aromatic heterocycles. The second-order valence-corrected chi connectivity index (χ2v) is 6.50. The number of likely N-dealkylation sites (tertiary alicyclic amines) is 1. The van der Waals surface area contributed by atoms with Crippen LogP contribution in [0.25, 0.3) is 11.3 Å². The van der Waals surface area contributed by atoms with E-state index in [1.165, 1.54) is 0 Å². The molecule has 0 saturated carbocycles. The van der Waals surface area contributed by atoms with Gasteiger partial charge in [-0.3, -0.25) is 0 Å². The van der Waals surface area contributed by atoms with E-state index in [2.05, 4.69) is 15.6 Å². The van der Waals surface area contributed by atoms with Crippen LogP contribution in [-0.2, 0) is 0 Å². The number of nitrogens with zero attached hydrogens (tertiary/aromatic N) is 4. The predicted octanol–water partition coefficient (Wildman–Crippen LogP) is 3.05. The third-order valence-electron chi connectivity index (χ3n) is 4.75. The van der Waals surface area contributed by atoms with Crippen molar-refractivity contribution in [2.75, 3.05) is 32.6 Å². The quantitative estimate of drug-likeness (QED) is 0.737. The highest BCUT2D eigenvalue weighted by atomic mass is 16.5. The Morgan fingerprint density at radius 1 is 1.11 bits per heavy atom. The summed E-state index contributed by atoms with van der Waals surface area (Å²) in [7, 11) is 3.14. The molecule has 1 aliphatic rings. The number of hydrogen-bond donors (Lipinski definition) is 1. The fourth-order valence-corrected chi connectivity index (χ4v) is 3.08. The summed E-state index contributed by atoms with van der Waals surface area (Å²) in [6, 6.07) is 15.1. The molecule has 1 aliphatic heterocycles. The van der Waals surface area contributed by atoms with E-state index in [0.29, 0.717) is 30.3 Å². The van der Waals surface area contributed by atoms with Crippen LogP contribution in [0.3, 0.4) is 0 Å². The average Bonchev–Trinajstić information content (AvgIpc) is 3.17. The summed E-state index contributed by atoms with van der Waals surface area (Å²) >= 11 is 0. The lowest BCUT2D eigenvalue weighted by molar-refractivity contribution is 0.127. The Kier molecular flexibility index (Phi) is 4.84. The highest BCUT2D eigenvalue weighted by Crippen LogP contribution is 2.30. The van der Waals surface area contributed by atoms with Crippen LogP contribution < -0.4 is 14.8 Å². The zero-order chi connectivity index (χ0) is 19.5. The number of hydrogen-bond acceptors (Lipinski definition) is 5. The fourth-order valence-electron chi connectivity index (χ4n) is 3.08. The summed E-state index contributed by atoms with van der Waals surface area (Å²) in [5, 5.41) is 11.3. The molecule has 0 atom stereocenters. The van der Waals surface area contributed by atoms with Crippen LogP contribution in [0.4, 0.5) is 10.5 Å². The minimum absolute atomic E-state index is 0.119. The number of amides is 2. The average molecular weight is 379 g/mol. The first-order valence-corrected chi connectivity index (χ1v) is 8.93. The maximum atomic E-state index is 12.5. The van der Waals surface area contributed by atoms with Gasteiger partial charge in [0.15, 0.2) is 0 Å². The van der Waals surface area contributed by atoms with Gasteiger partial charge in [-0.1, -0.05) is 35.5 Å². The molecule has 0 unspecified atom stereocenters. The number of aromatic nitrogens is 3. The van der Waals surface area contributed by atoms with Crippen molar-refractivity contribution in [2.45, 2.75) is 6.04 Å². The molecule has 0 bridgehead atoms. The molecule has 144 valence electrons. The van der Waals surface area contributed by atoms with Crippen LogP contribution in [0.1, 0.15) is 6.04 Å². The van der Waals surface area contributed by atoms with Crippen molar-refractivity contribution < 1.29 is 14.3 Å². The van der Waals surface area contributed by atoms with Crippen LogP contribution in [0.2, 0.25) is 0 Å². The molecule has 8 heteroatoms. The van der Waals surface area contributed by atoms with Gasteiger partial charge in [0.05, 0.1) is 32.1 Å². The molecule has 28 heavy (non-hydrogen) atoms. The number of carbonyl (C=O) groups excluding carboxylic acids is 1. The third-order valence-corrected chi connectivity index (χ3v) is 4.75. The molecule has 1 fully saturated rings. The second-order valence-electron chi connectivity index (χ2n) is 6.50. The van der Waals surface area contributed by atoms with E-state index in [9.17, 15) is 4.79 Å². The van der Waals surface area contributed by atoms with E-state index >= 15 is 0 Å².